The smallest absolute Gasteiger partial charge is 0.260 e. The van der Waals surface area contributed by atoms with E-state index in [1.807, 2.05) is 13.8 Å². The lowest BCUT2D eigenvalue weighted by Gasteiger charge is -2.19. The van der Waals surface area contributed by atoms with Gasteiger partial charge in [0, 0.05) is 37.4 Å². The van der Waals surface area contributed by atoms with Crippen LogP contribution in [0.5, 0.6) is 5.75 Å². The van der Waals surface area contributed by atoms with Gasteiger partial charge in [0.05, 0.1) is 6.61 Å². The van der Waals surface area contributed by atoms with Crippen LogP contribution in [-0.4, -0.2) is 49.6 Å². The fourth-order valence-electron chi connectivity index (χ4n) is 2.32. The molecule has 0 bridgehead atoms. The van der Waals surface area contributed by atoms with E-state index in [4.69, 9.17) is 9.47 Å². The van der Waals surface area contributed by atoms with Crippen LogP contribution in [0.1, 0.15) is 36.2 Å². The van der Waals surface area contributed by atoms with Crippen molar-refractivity contribution in [3.8, 4) is 5.75 Å². The number of nitrogens with one attached hydrogen (secondary N) is 1. The normalized spacial score (nSPS) is 15.4. The van der Waals surface area contributed by atoms with Gasteiger partial charge in [-0.15, -0.1) is 0 Å². The van der Waals surface area contributed by atoms with Crippen LogP contribution in [0, 0.1) is 0 Å². The van der Waals surface area contributed by atoms with Crippen molar-refractivity contribution >= 4 is 11.8 Å². The number of hydrogen-bond acceptors (Lipinski definition) is 4. The fraction of sp³-hybridized carbons (Fsp3) is 0.529. The minimum Gasteiger partial charge on any atom is -0.483 e. The molecule has 2 amide bonds. The molecule has 1 heterocycles. The summed E-state index contributed by atoms with van der Waals surface area (Å²) in [6, 6.07) is 5.41. The van der Waals surface area contributed by atoms with Crippen LogP contribution in [0.4, 0.5) is 0 Å². The number of ether oxygens (including phenoxy) is 2. The van der Waals surface area contributed by atoms with E-state index in [2.05, 4.69) is 5.32 Å². The summed E-state index contributed by atoms with van der Waals surface area (Å²) in [6.45, 7) is 5.39. The van der Waals surface area contributed by atoms with Crippen molar-refractivity contribution in [2.45, 2.75) is 32.9 Å². The van der Waals surface area contributed by atoms with Gasteiger partial charge in [-0.25, -0.2) is 0 Å². The second-order valence-corrected chi connectivity index (χ2v) is 5.70. The van der Waals surface area contributed by atoms with E-state index >= 15 is 0 Å². The molecule has 23 heavy (non-hydrogen) atoms. The maximum absolute atomic E-state index is 12.3. The van der Waals surface area contributed by atoms with Crippen molar-refractivity contribution in [3.63, 3.8) is 0 Å². The Labute approximate surface area is 136 Å². The van der Waals surface area contributed by atoms with E-state index in [9.17, 15) is 9.59 Å². The highest BCUT2D eigenvalue weighted by Crippen LogP contribution is 2.24. The first-order chi connectivity index (χ1) is 11.0. The van der Waals surface area contributed by atoms with Crippen molar-refractivity contribution in [1.82, 2.24) is 10.2 Å². The van der Waals surface area contributed by atoms with Gasteiger partial charge in [-0.3, -0.25) is 9.59 Å². The quantitative estimate of drug-likeness (QED) is 0.864. The zero-order valence-electron chi connectivity index (χ0n) is 13.9. The first-order valence-corrected chi connectivity index (χ1v) is 7.88. The maximum atomic E-state index is 12.3. The third kappa shape index (κ3) is 4.45. The van der Waals surface area contributed by atoms with Gasteiger partial charge in [0.15, 0.2) is 6.61 Å². The lowest BCUT2D eigenvalue weighted by molar-refractivity contribution is -0.133. The molecule has 126 valence electrons. The van der Waals surface area contributed by atoms with Crippen LogP contribution in [-0.2, 0) is 16.1 Å². The van der Waals surface area contributed by atoms with Gasteiger partial charge in [0.2, 0.25) is 0 Å². The van der Waals surface area contributed by atoms with E-state index in [-0.39, 0.29) is 24.5 Å². The highest BCUT2D eigenvalue weighted by Gasteiger charge is 2.22. The molecule has 1 aromatic carbocycles. The summed E-state index contributed by atoms with van der Waals surface area (Å²) in [5, 5.41) is 2.94. The Hall–Kier alpha value is -2.08. The topological polar surface area (TPSA) is 67.9 Å². The SMILES string of the molecule is CCC(C)NC(=O)c1ccc2c(c1)CN(CCOC)C(=O)CO2. The van der Waals surface area contributed by atoms with Crippen molar-refractivity contribution in [2.75, 3.05) is 26.9 Å². The number of carbonyl (C=O) groups excluding carboxylic acids is 2. The molecular weight excluding hydrogens is 296 g/mol. The van der Waals surface area contributed by atoms with E-state index in [0.29, 0.717) is 31.0 Å². The Morgan fingerprint density at radius 2 is 2.26 bits per heavy atom. The minimum atomic E-state index is -0.110. The number of hydrogen-bond donors (Lipinski definition) is 1. The number of carbonyl (C=O) groups is 2. The third-order valence-electron chi connectivity index (χ3n) is 3.94. The molecule has 1 N–H and O–H groups in total. The summed E-state index contributed by atoms with van der Waals surface area (Å²) < 4.78 is 10.6. The largest absolute Gasteiger partial charge is 0.483 e. The molecule has 1 atom stereocenters. The Balaban J connectivity index is 2.18. The van der Waals surface area contributed by atoms with E-state index < -0.39 is 0 Å². The molecule has 0 radical (unpaired) electrons. The first-order valence-electron chi connectivity index (χ1n) is 7.88. The van der Waals surface area contributed by atoms with E-state index in [0.717, 1.165) is 12.0 Å². The van der Waals surface area contributed by atoms with Crippen LogP contribution in [0.15, 0.2) is 18.2 Å². The zero-order chi connectivity index (χ0) is 16.8. The predicted octanol–water partition coefficient (Wildman–Crippen LogP) is 1.58. The average molecular weight is 320 g/mol. The summed E-state index contributed by atoms with van der Waals surface area (Å²) >= 11 is 0. The van der Waals surface area contributed by atoms with Gasteiger partial charge in [-0.2, -0.15) is 0 Å². The molecule has 1 unspecified atom stereocenters. The van der Waals surface area contributed by atoms with Gasteiger partial charge in [-0.05, 0) is 31.5 Å². The Morgan fingerprint density at radius 3 is 2.96 bits per heavy atom. The predicted molar refractivity (Wildman–Crippen MR) is 86.4 cm³/mol. The molecule has 0 spiro atoms. The summed E-state index contributed by atoms with van der Waals surface area (Å²) in [6.07, 6.45) is 0.874. The van der Waals surface area contributed by atoms with Crippen molar-refractivity contribution < 1.29 is 19.1 Å². The standard InChI is InChI=1S/C17H24N2O4/c1-4-12(2)18-17(21)13-5-6-15-14(9-13)10-19(7-8-22-3)16(20)11-23-15/h5-6,9,12H,4,7-8,10-11H2,1-3H3,(H,18,21). The fourth-order valence-corrected chi connectivity index (χ4v) is 2.32. The highest BCUT2D eigenvalue weighted by atomic mass is 16.5. The maximum Gasteiger partial charge on any atom is 0.260 e. The molecule has 1 aliphatic heterocycles. The molecule has 1 aliphatic rings. The highest BCUT2D eigenvalue weighted by molar-refractivity contribution is 5.94. The number of benzene rings is 1. The van der Waals surface area contributed by atoms with Crippen LogP contribution >= 0.6 is 0 Å². The van der Waals surface area contributed by atoms with Gasteiger partial charge in [-0.1, -0.05) is 6.92 Å². The number of fused-ring (bicyclic) bond motifs is 1. The Bertz CT molecular complexity index is 574. The average Bonchev–Trinajstić information content (AvgIpc) is 2.71. The third-order valence-corrected chi connectivity index (χ3v) is 3.94. The van der Waals surface area contributed by atoms with Gasteiger partial charge in [0.25, 0.3) is 11.8 Å². The monoisotopic (exact) mass is 320 g/mol. The molecule has 0 saturated heterocycles. The summed E-state index contributed by atoms with van der Waals surface area (Å²) in [5.74, 6) is 0.461. The molecule has 1 aromatic rings. The lowest BCUT2D eigenvalue weighted by Crippen LogP contribution is -2.35. The van der Waals surface area contributed by atoms with Crippen LogP contribution in [0.2, 0.25) is 0 Å². The van der Waals surface area contributed by atoms with E-state index in [1.54, 1.807) is 30.2 Å². The Morgan fingerprint density at radius 1 is 1.48 bits per heavy atom. The van der Waals surface area contributed by atoms with Gasteiger partial charge >= 0.3 is 0 Å². The van der Waals surface area contributed by atoms with Crippen molar-refractivity contribution in [3.05, 3.63) is 29.3 Å². The molecule has 0 saturated carbocycles. The summed E-state index contributed by atoms with van der Waals surface area (Å²) in [7, 11) is 1.60. The van der Waals surface area contributed by atoms with Crippen molar-refractivity contribution in [2.24, 2.45) is 0 Å². The molecular formula is C17H24N2O4. The number of amides is 2. The van der Waals surface area contributed by atoms with Crippen LogP contribution in [0.3, 0.4) is 0 Å². The Kier molecular flexibility index (Phi) is 5.98. The summed E-state index contributed by atoms with van der Waals surface area (Å²) in [4.78, 5) is 26.0. The van der Waals surface area contributed by atoms with Crippen LogP contribution in [0.25, 0.3) is 0 Å². The first kappa shape index (κ1) is 17.3. The second-order valence-electron chi connectivity index (χ2n) is 5.70. The second kappa shape index (κ2) is 7.97. The molecule has 0 fully saturated rings. The number of nitrogens with zero attached hydrogens (tertiary/aromatic N) is 1. The number of methoxy groups -OCH3 is 1. The van der Waals surface area contributed by atoms with Crippen molar-refractivity contribution in [1.29, 1.82) is 0 Å². The van der Waals surface area contributed by atoms with E-state index in [1.165, 1.54) is 0 Å². The molecule has 6 nitrogen and oxygen atoms in total. The number of rotatable bonds is 6. The summed E-state index contributed by atoms with van der Waals surface area (Å²) in [5.41, 5.74) is 1.41. The molecule has 6 heteroatoms. The van der Waals surface area contributed by atoms with Gasteiger partial charge < -0.3 is 19.7 Å². The molecule has 0 aliphatic carbocycles. The molecule has 2 rings (SSSR count). The minimum absolute atomic E-state index is 0.00905. The zero-order valence-corrected chi connectivity index (χ0v) is 13.9. The van der Waals surface area contributed by atoms with Gasteiger partial charge in [0.1, 0.15) is 5.75 Å². The molecule has 0 aromatic heterocycles. The lowest BCUT2D eigenvalue weighted by atomic mass is 10.1. The van der Waals surface area contributed by atoms with Crippen LogP contribution < -0.4 is 10.1 Å².